The summed E-state index contributed by atoms with van der Waals surface area (Å²) in [6, 6.07) is 17.7. The summed E-state index contributed by atoms with van der Waals surface area (Å²) in [6.07, 6.45) is 3.12. The van der Waals surface area contributed by atoms with E-state index in [1.165, 1.54) is 24.4 Å². The summed E-state index contributed by atoms with van der Waals surface area (Å²) in [5, 5.41) is 15.0. The first-order valence-electron chi connectivity index (χ1n) is 12.2. The molecule has 0 atom stereocenters. The molecule has 6 aromatic rings. The van der Waals surface area contributed by atoms with Crippen molar-refractivity contribution in [1.82, 2.24) is 18.5 Å². The number of nitrogens with one attached hydrogen (secondary N) is 1. The molecule has 0 bridgehead atoms. The van der Waals surface area contributed by atoms with Crippen molar-refractivity contribution in [2.24, 2.45) is 7.05 Å². The molecule has 0 saturated carbocycles. The molecule has 0 aliphatic rings. The van der Waals surface area contributed by atoms with Crippen molar-refractivity contribution in [1.29, 1.82) is 0 Å². The Morgan fingerprint density at radius 3 is 2.51 bits per heavy atom. The second kappa shape index (κ2) is 9.78. The molecular formula is C28H20F2N6O4S. The maximum absolute atomic E-state index is 14.3. The molecule has 13 heteroatoms. The van der Waals surface area contributed by atoms with E-state index in [9.17, 15) is 27.3 Å². The zero-order chi connectivity index (χ0) is 28.9. The summed E-state index contributed by atoms with van der Waals surface area (Å²) in [5.74, 6) is -1.88. The number of aromatic nitrogens is 4. The van der Waals surface area contributed by atoms with Crippen molar-refractivity contribution < 1.29 is 22.1 Å². The van der Waals surface area contributed by atoms with E-state index in [2.05, 4.69) is 15.3 Å². The van der Waals surface area contributed by atoms with E-state index in [0.717, 1.165) is 16.1 Å². The van der Waals surface area contributed by atoms with E-state index in [4.69, 9.17) is 0 Å². The molecule has 206 valence electrons. The third-order valence-electron chi connectivity index (χ3n) is 6.61. The van der Waals surface area contributed by atoms with E-state index in [0.29, 0.717) is 33.1 Å². The SMILES string of the molecule is Cn1cc(-c2nc(Nc3ccc(F)c([N+](=O)[O-])c3)nc3c2ccn3S(=O)(=O)Cc2ccccc2)c2cc(F)ccc21. The Balaban J connectivity index is 1.56. The standard InChI is InChI=1S/C28H20F2N6O4S/c1-34-15-22(21-13-18(29)7-10-24(21)34)26-20-11-12-35(41(39,40)16-17-5-3-2-4-6-17)27(20)33-28(32-26)31-19-8-9-23(30)25(14-19)36(37)38/h2-15H,16H2,1H3,(H,31,32,33). The lowest BCUT2D eigenvalue weighted by Crippen LogP contribution is -2.15. The van der Waals surface area contributed by atoms with E-state index in [1.807, 2.05) is 0 Å². The summed E-state index contributed by atoms with van der Waals surface area (Å²) in [7, 11) is -2.17. The summed E-state index contributed by atoms with van der Waals surface area (Å²) < 4.78 is 58.1. The molecule has 0 amide bonds. The first kappa shape index (κ1) is 26.1. The quantitative estimate of drug-likeness (QED) is 0.186. The Kier molecular flexibility index (Phi) is 6.22. The van der Waals surface area contributed by atoms with Gasteiger partial charge < -0.3 is 9.88 Å². The van der Waals surface area contributed by atoms with E-state index in [-0.39, 0.29) is 23.0 Å². The van der Waals surface area contributed by atoms with Gasteiger partial charge in [0.25, 0.3) is 0 Å². The van der Waals surface area contributed by atoms with Crippen molar-refractivity contribution in [2.45, 2.75) is 5.75 Å². The van der Waals surface area contributed by atoms with Crippen LogP contribution in [-0.4, -0.2) is 31.8 Å². The third kappa shape index (κ3) is 4.76. The average molecular weight is 575 g/mol. The minimum Gasteiger partial charge on any atom is -0.350 e. The summed E-state index contributed by atoms with van der Waals surface area (Å²) in [4.78, 5) is 19.5. The minimum absolute atomic E-state index is 0.0402. The van der Waals surface area contributed by atoms with Gasteiger partial charge in [0.2, 0.25) is 21.8 Å². The lowest BCUT2D eigenvalue weighted by atomic mass is 10.1. The topological polar surface area (TPSA) is 125 Å². The lowest BCUT2D eigenvalue weighted by Gasteiger charge is -2.11. The number of nitro benzene ring substituents is 1. The minimum atomic E-state index is -3.96. The predicted molar refractivity (Wildman–Crippen MR) is 150 cm³/mol. The fourth-order valence-corrected chi connectivity index (χ4v) is 6.15. The van der Waals surface area contributed by atoms with Gasteiger partial charge in [0.15, 0.2) is 5.65 Å². The van der Waals surface area contributed by atoms with E-state index < -0.39 is 32.3 Å². The Hall–Kier alpha value is -5.17. The number of hydrogen-bond donors (Lipinski definition) is 1. The van der Waals surface area contributed by atoms with Crippen molar-refractivity contribution in [2.75, 3.05) is 5.32 Å². The van der Waals surface area contributed by atoms with Gasteiger partial charge in [-0.3, -0.25) is 10.1 Å². The summed E-state index contributed by atoms with van der Waals surface area (Å²) >= 11 is 0. The largest absolute Gasteiger partial charge is 0.350 e. The second-order valence-corrected chi connectivity index (χ2v) is 11.2. The molecule has 0 spiro atoms. The Morgan fingerprint density at radius 1 is 0.976 bits per heavy atom. The molecule has 1 N–H and O–H groups in total. The van der Waals surface area contributed by atoms with Crippen LogP contribution in [0.4, 0.5) is 26.1 Å². The fourth-order valence-electron chi connectivity index (χ4n) is 4.74. The number of halogens is 2. The molecule has 0 unspecified atom stereocenters. The average Bonchev–Trinajstić information content (AvgIpc) is 3.51. The Labute approximate surface area is 231 Å². The lowest BCUT2D eigenvalue weighted by molar-refractivity contribution is -0.387. The number of aryl methyl sites for hydroxylation is 1. The van der Waals surface area contributed by atoms with Crippen LogP contribution in [0.15, 0.2) is 85.2 Å². The van der Waals surface area contributed by atoms with Crippen LogP contribution in [-0.2, 0) is 22.8 Å². The van der Waals surface area contributed by atoms with Crippen LogP contribution in [0.2, 0.25) is 0 Å². The van der Waals surface area contributed by atoms with Crippen molar-refractivity contribution in [3.8, 4) is 11.3 Å². The zero-order valence-corrected chi connectivity index (χ0v) is 22.1. The highest BCUT2D eigenvalue weighted by molar-refractivity contribution is 7.89. The van der Waals surface area contributed by atoms with Crippen LogP contribution in [0.25, 0.3) is 33.2 Å². The molecule has 10 nitrogen and oxygen atoms in total. The fraction of sp³-hybridized carbons (Fsp3) is 0.0714. The Bertz CT molecular complexity index is 2090. The maximum Gasteiger partial charge on any atom is 0.306 e. The second-order valence-electron chi connectivity index (χ2n) is 9.35. The molecule has 0 fully saturated rings. The van der Waals surface area contributed by atoms with Crippen LogP contribution in [0, 0.1) is 21.7 Å². The molecule has 0 radical (unpaired) electrons. The van der Waals surface area contributed by atoms with E-state index in [1.54, 1.807) is 60.3 Å². The summed E-state index contributed by atoms with van der Waals surface area (Å²) in [6.45, 7) is 0. The van der Waals surface area contributed by atoms with Crippen LogP contribution in [0.5, 0.6) is 0 Å². The molecule has 6 rings (SSSR count). The van der Waals surface area contributed by atoms with Gasteiger partial charge in [-0.05, 0) is 42.0 Å². The van der Waals surface area contributed by atoms with Crippen LogP contribution >= 0.6 is 0 Å². The molecule has 3 heterocycles. The van der Waals surface area contributed by atoms with Gasteiger partial charge in [-0.25, -0.2) is 21.8 Å². The zero-order valence-electron chi connectivity index (χ0n) is 21.3. The molecular weight excluding hydrogens is 554 g/mol. The molecule has 0 aliphatic heterocycles. The molecule has 0 saturated heterocycles. The highest BCUT2D eigenvalue weighted by Crippen LogP contribution is 2.36. The van der Waals surface area contributed by atoms with Gasteiger partial charge >= 0.3 is 5.69 Å². The normalized spacial score (nSPS) is 11.8. The third-order valence-corrected chi connectivity index (χ3v) is 8.20. The monoisotopic (exact) mass is 574 g/mol. The summed E-state index contributed by atoms with van der Waals surface area (Å²) in [5.41, 5.74) is 1.50. The van der Waals surface area contributed by atoms with Crippen LogP contribution in [0.1, 0.15) is 5.56 Å². The predicted octanol–water partition coefficient (Wildman–Crippen LogP) is 5.90. The van der Waals surface area contributed by atoms with Gasteiger partial charge in [0.05, 0.1) is 16.4 Å². The molecule has 0 aliphatic carbocycles. The smallest absolute Gasteiger partial charge is 0.306 e. The van der Waals surface area contributed by atoms with Gasteiger partial charge in [-0.1, -0.05) is 30.3 Å². The van der Waals surface area contributed by atoms with Crippen LogP contribution in [0.3, 0.4) is 0 Å². The number of nitrogens with zero attached hydrogens (tertiary/aromatic N) is 5. The van der Waals surface area contributed by atoms with Crippen molar-refractivity contribution in [3.63, 3.8) is 0 Å². The Morgan fingerprint density at radius 2 is 1.76 bits per heavy atom. The number of anilines is 2. The molecule has 3 aromatic carbocycles. The highest BCUT2D eigenvalue weighted by Gasteiger charge is 2.23. The molecule has 3 aromatic heterocycles. The van der Waals surface area contributed by atoms with E-state index >= 15 is 0 Å². The van der Waals surface area contributed by atoms with Crippen molar-refractivity contribution in [3.05, 3.63) is 113 Å². The van der Waals surface area contributed by atoms with Gasteiger partial charge in [0.1, 0.15) is 5.82 Å². The molecule has 41 heavy (non-hydrogen) atoms. The first-order valence-corrected chi connectivity index (χ1v) is 13.8. The van der Waals surface area contributed by atoms with Gasteiger partial charge in [0, 0.05) is 53.0 Å². The van der Waals surface area contributed by atoms with Crippen LogP contribution < -0.4 is 5.32 Å². The number of rotatable bonds is 7. The van der Waals surface area contributed by atoms with Gasteiger partial charge in [-0.15, -0.1) is 0 Å². The van der Waals surface area contributed by atoms with Crippen molar-refractivity contribution >= 4 is 49.3 Å². The maximum atomic E-state index is 14.3. The first-order chi connectivity index (χ1) is 19.6. The highest BCUT2D eigenvalue weighted by atomic mass is 32.2. The number of nitro groups is 1. The number of fused-ring (bicyclic) bond motifs is 2. The number of hydrogen-bond acceptors (Lipinski definition) is 7. The van der Waals surface area contributed by atoms with Gasteiger partial charge in [-0.2, -0.15) is 9.37 Å². The number of benzene rings is 3.